The van der Waals surface area contributed by atoms with Gasteiger partial charge in [0.15, 0.2) is 0 Å². The number of aliphatic hydroxyl groups is 1. The second-order valence-corrected chi connectivity index (χ2v) is 5.86. The third kappa shape index (κ3) is 3.49. The van der Waals surface area contributed by atoms with Crippen LogP contribution < -0.4 is 0 Å². The molecule has 96 valence electrons. The van der Waals surface area contributed by atoms with Crippen molar-refractivity contribution in [2.75, 3.05) is 0 Å². The first kappa shape index (κ1) is 13.0. The Labute approximate surface area is 107 Å². The molecule has 1 fully saturated rings. The van der Waals surface area contributed by atoms with Crippen LogP contribution >= 0.6 is 11.5 Å². The van der Waals surface area contributed by atoms with Gasteiger partial charge < -0.3 is 5.11 Å². The van der Waals surface area contributed by atoms with Crippen molar-refractivity contribution < 1.29 is 5.11 Å². The average molecular weight is 254 g/mol. The average Bonchev–Trinajstić information content (AvgIpc) is 2.97. The third-order valence-electron chi connectivity index (χ3n) is 3.70. The van der Waals surface area contributed by atoms with Crippen LogP contribution in [0.1, 0.15) is 68.5 Å². The van der Waals surface area contributed by atoms with Gasteiger partial charge in [0.05, 0.1) is 16.7 Å². The fraction of sp³-hybridized carbons (Fsp3) is 0.846. The van der Waals surface area contributed by atoms with Gasteiger partial charge in [0.25, 0.3) is 0 Å². The summed E-state index contributed by atoms with van der Waals surface area (Å²) < 4.78 is 3.97. The van der Waals surface area contributed by atoms with E-state index >= 15 is 0 Å². The molecule has 0 aromatic carbocycles. The number of hydrogen-bond donors (Lipinski definition) is 1. The van der Waals surface area contributed by atoms with Gasteiger partial charge in [-0.05, 0) is 36.7 Å². The highest BCUT2D eigenvalue weighted by molar-refractivity contribution is 7.05. The van der Waals surface area contributed by atoms with E-state index in [1.54, 1.807) is 0 Å². The summed E-state index contributed by atoms with van der Waals surface area (Å²) in [7, 11) is 0. The SMILES string of the molecule is CCCc1nnsc1C(O)CCC1CCCC1. The van der Waals surface area contributed by atoms with Gasteiger partial charge in [-0.3, -0.25) is 0 Å². The summed E-state index contributed by atoms with van der Waals surface area (Å²) >= 11 is 1.37. The second-order valence-electron chi connectivity index (χ2n) is 5.08. The van der Waals surface area contributed by atoms with Crippen LogP contribution in [0, 0.1) is 5.92 Å². The Bertz CT molecular complexity index is 334. The summed E-state index contributed by atoms with van der Waals surface area (Å²) in [5.74, 6) is 0.847. The lowest BCUT2D eigenvalue weighted by molar-refractivity contribution is 0.159. The molecule has 0 bridgehead atoms. The molecule has 0 saturated heterocycles. The van der Waals surface area contributed by atoms with Gasteiger partial charge in [0, 0.05) is 0 Å². The fourth-order valence-corrected chi connectivity index (χ4v) is 3.42. The molecule has 3 nitrogen and oxygen atoms in total. The van der Waals surface area contributed by atoms with E-state index < -0.39 is 0 Å². The zero-order valence-electron chi connectivity index (χ0n) is 10.6. The van der Waals surface area contributed by atoms with Gasteiger partial charge in [-0.15, -0.1) is 5.10 Å². The Morgan fingerprint density at radius 3 is 2.88 bits per heavy atom. The topological polar surface area (TPSA) is 46.0 Å². The van der Waals surface area contributed by atoms with Crippen molar-refractivity contribution >= 4 is 11.5 Å². The number of aromatic nitrogens is 2. The minimum Gasteiger partial charge on any atom is -0.387 e. The molecule has 1 aromatic heterocycles. The highest BCUT2D eigenvalue weighted by Crippen LogP contribution is 2.32. The lowest BCUT2D eigenvalue weighted by Gasteiger charge is -2.13. The van der Waals surface area contributed by atoms with Crippen LogP contribution in [0.5, 0.6) is 0 Å². The van der Waals surface area contributed by atoms with E-state index in [9.17, 15) is 5.11 Å². The Balaban J connectivity index is 1.85. The molecule has 0 radical (unpaired) electrons. The molecule has 0 aliphatic heterocycles. The van der Waals surface area contributed by atoms with E-state index in [-0.39, 0.29) is 6.10 Å². The summed E-state index contributed by atoms with van der Waals surface area (Å²) in [4.78, 5) is 1.00. The predicted octanol–water partition coefficient (Wildman–Crippen LogP) is 3.49. The number of hydrogen-bond acceptors (Lipinski definition) is 4. The van der Waals surface area contributed by atoms with Crippen LogP contribution in [0.15, 0.2) is 0 Å². The first-order valence-corrected chi connectivity index (χ1v) is 7.57. The normalized spacial score (nSPS) is 18.7. The van der Waals surface area contributed by atoms with Crippen LogP contribution in [-0.4, -0.2) is 14.7 Å². The van der Waals surface area contributed by atoms with Gasteiger partial charge in [-0.25, -0.2) is 0 Å². The Morgan fingerprint density at radius 2 is 2.18 bits per heavy atom. The van der Waals surface area contributed by atoms with Gasteiger partial charge in [0.2, 0.25) is 0 Å². The van der Waals surface area contributed by atoms with Crippen molar-refractivity contribution in [2.45, 2.75) is 64.4 Å². The Morgan fingerprint density at radius 1 is 1.41 bits per heavy atom. The molecule has 1 heterocycles. The predicted molar refractivity (Wildman–Crippen MR) is 70.1 cm³/mol. The van der Waals surface area contributed by atoms with Gasteiger partial charge in [-0.1, -0.05) is 43.5 Å². The third-order valence-corrected chi connectivity index (χ3v) is 4.57. The molecule has 1 N–H and O–H groups in total. The lowest BCUT2D eigenvalue weighted by atomic mass is 9.98. The standard InChI is InChI=1S/C13H22N2OS/c1-2-5-11-13(17-15-14-11)12(16)9-8-10-6-3-4-7-10/h10,12,16H,2-9H2,1H3. The van der Waals surface area contributed by atoms with Crippen molar-refractivity contribution in [1.29, 1.82) is 0 Å². The van der Waals surface area contributed by atoms with E-state index in [1.165, 1.54) is 37.2 Å². The molecule has 0 spiro atoms. The summed E-state index contributed by atoms with van der Waals surface area (Å²) in [6, 6.07) is 0. The van der Waals surface area contributed by atoms with Gasteiger partial charge in [-0.2, -0.15) is 0 Å². The molecule has 1 atom stereocenters. The monoisotopic (exact) mass is 254 g/mol. The largest absolute Gasteiger partial charge is 0.387 e. The van der Waals surface area contributed by atoms with Crippen molar-refractivity contribution in [3.05, 3.63) is 10.6 Å². The maximum Gasteiger partial charge on any atom is 0.0917 e. The summed E-state index contributed by atoms with van der Waals surface area (Å²) in [6.45, 7) is 2.13. The molecule has 17 heavy (non-hydrogen) atoms. The molecule has 0 amide bonds. The van der Waals surface area contributed by atoms with E-state index in [0.717, 1.165) is 42.2 Å². The van der Waals surface area contributed by atoms with Crippen LogP contribution in [0.3, 0.4) is 0 Å². The minimum atomic E-state index is -0.336. The maximum atomic E-state index is 10.2. The summed E-state index contributed by atoms with van der Waals surface area (Å²) in [5.41, 5.74) is 1.01. The minimum absolute atomic E-state index is 0.336. The number of nitrogens with zero attached hydrogens (tertiary/aromatic N) is 2. The van der Waals surface area contributed by atoms with E-state index in [0.29, 0.717) is 0 Å². The van der Waals surface area contributed by atoms with Crippen molar-refractivity contribution in [3.63, 3.8) is 0 Å². The van der Waals surface area contributed by atoms with E-state index in [2.05, 4.69) is 16.5 Å². The maximum absolute atomic E-state index is 10.2. The molecule has 1 aliphatic carbocycles. The van der Waals surface area contributed by atoms with Crippen LogP contribution in [0.4, 0.5) is 0 Å². The van der Waals surface area contributed by atoms with E-state index in [4.69, 9.17) is 0 Å². The summed E-state index contributed by atoms with van der Waals surface area (Å²) in [6.07, 6.45) is 9.17. The van der Waals surface area contributed by atoms with Crippen molar-refractivity contribution in [3.8, 4) is 0 Å². The zero-order chi connectivity index (χ0) is 12.1. The number of aryl methyl sites for hydroxylation is 1. The Hall–Kier alpha value is -0.480. The lowest BCUT2D eigenvalue weighted by Crippen LogP contribution is -2.03. The van der Waals surface area contributed by atoms with Crippen LogP contribution in [-0.2, 0) is 6.42 Å². The fourth-order valence-electron chi connectivity index (χ4n) is 2.70. The first-order chi connectivity index (χ1) is 8.31. The molecule has 1 aromatic rings. The summed E-state index contributed by atoms with van der Waals surface area (Å²) in [5, 5.41) is 14.3. The highest BCUT2D eigenvalue weighted by atomic mass is 32.1. The highest BCUT2D eigenvalue weighted by Gasteiger charge is 2.20. The second kappa shape index (κ2) is 6.45. The van der Waals surface area contributed by atoms with Crippen LogP contribution in [0.25, 0.3) is 0 Å². The Kier molecular flexibility index (Phi) is 4.92. The molecule has 4 heteroatoms. The van der Waals surface area contributed by atoms with Crippen LogP contribution in [0.2, 0.25) is 0 Å². The molecule has 2 rings (SSSR count). The smallest absolute Gasteiger partial charge is 0.0917 e. The molecule has 1 unspecified atom stereocenters. The van der Waals surface area contributed by atoms with Crippen molar-refractivity contribution in [2.24, 2.45) is 5.92 Å². The van der Waals surface area contributed by atoms with Crippen molar-refractivity contribution in [1.82, 2.24) is 9.59 Å². The van der Waals surface area contributed by atoms with Gasteiger partial charge >= 0.3 is 0 Å². The number of rotatable bonds is 6. The van der Waals surface area contributed by atoms with Gasteiger partial charge in [0.1, 0.15) is 0 Å². The van der Waals surface area contributed by atoms with E-state index in [1.807, 2.05) is 0 Å². The molecule has 1 saturated carbocycles. The quantitative estimate of drug-likeness (QED) is 0.845. The molecular weight excluding hydrogens is 232 g/mol. The first-order valence-electron chi connectivity index (χ1n) is 6.80. The molecular formula is C13H22N2OS. The number of aliphatic hydroxyl groups excluding tert-OH is 1. The molecule has 1 aliphatic rings. The zero-order valence-corrected chi connectivity index (χ0v) is 11.4.